The molecule has 222 valence electrons. The summed E-state index contributed by atoms with van der Waals surface area (Å²) in [4.78, 5) is 8.17. The summed E-state index contributed by atoms with van der Waals surface area (Å²) in [6, 6.07) is 2.24. The van der Waals surface area contributed by atoms with Crippen LogP contribution in [0.25, 0.3) is 11.4 Å². The Bertz CT molecular complexity index is 1550. The number of alkyl halides is 4. The Morgan fingerprint density at radius 3 is 1.71 bits per heavy atom. The van der Waals surface area contributed by atoms with Crippen molar-refractivity contribution in [2.24, 2.45) is 0 Å². The zero-order chi connectivity index (χ0) is 30.8. The topological polar surface area (TPSA) is 44.2 Å². The van der Waals surface area contributed by atoms with E-state index in [9.17, 15) is 43.9 Å². The second kappa shape index (κ2) is 11.9. The van der Waals surface area contributed by atoms with Crippen LogP contribution in [0.4, 0.5) is 43.9 Å². The van der Waals surface area contributed by atoms with Gasteiger partial charge in [0.15, 0.2) is 23.3 Å². The summed E-state index contributed by atoms with van der Waals surface area (Å²) in [7, 11) is 0. The molecule has 42 heavy (non-hydrogen) atoms. The van der Waals surface area contributed by atoms with Crippen molar-refractivity contribution in [3.05, 3.63) is 106 Å². The molecule has 1 aromatic heterocycles. The van der Waals surface area contributed by atoms with Gasteiger partial charge in [0.1, 0.15) is 34.5 Å². The number of benzene rings is 3. The fourth-order valence-corrected chi connectivity index (χ4v) is 3.78. The fourth-order valence-electron chi connectivity index (χ4n) is 3.78. The van der Waals surface area contributed by atoms with Crippen LogP contribution in [0.1, 0.15) is 36.5 Å². The van der Waals surface area contributed by atoms with Crippen molar-refractivity contribution >= 4 is 0 Å². The standard InChI is InChI=1S/C28H18F10N2O2/c1-2-3-4-14-12-39-26(40-13-14)15-5-6-18(19(29)7-15)27(35,36)41-16-8-20(30)24(21(31)9-16)28(37,38)42-17-10-22(32)25(34)23(33)11-17/h5-13H,2-4H2,1H3. The van der Waals surface area contributed by atoms with E-state index in [-0.39, 0.29) is 35.7 Å². The van der Waals surface area contributed by atoms with E-state index in [2.05, 4.69) is 19.4 Å². The molecule has 0 fully saturated rings. The summed E-state index contributed by atoms with van der Waals surface area (Å²) in [5, 5.41) is 0. The van der Waals surface area contributed by atoms with Gasteiger partial charge >= 0.3 is 12.2 Å². The van der Waals surface area contributed by atoms with Gasteiger partial charge in [-0.3, -0.25) is 0 Å². The van der Waals surface area contributed by atoms with E-state index in [4.69, 9.17) is 0 Å². The first-order chi connectivity index (χ1) is 19.7. The average molecular weight is 604 g/mol. The molecule has 0 bridgehead atoms. The second-order valence-electron chi connectivity index (χ2n) is 8.91. The molecule has 1 heterocycles. The minimum Gasteiger partial charge on any atom is -0.429 e. The Labute approximate surface area is 231 Å². The molecule has 0 aliphatic heterocycles. The van der Waals surface area contributed by atoms with Crippen LogP contribution < -0.4 is 9.47 Å². The first-order valence-electron chi connectivity index (χ1n) is 12.1. The van der Waals surface area contributed by atoms with Crippen molar-refractivity contribution in [2.75, 3.05) is 0 Å². The average Bonchev–Trinajstić information content (AvgIpc) is 2.89. The molecule has 0 amide bonds. The van der Waals surface area contributed by atoms with E-state index in [0.717, 1.165) is 24.5 Å². The van der Waals surface area contributed by atoms with Gasteiger partial charge in [0, 0.05) is 42.2 Å². The molecule has 0 atom stereocenters. The van der Waals surface area contributed by atoms with Gasteiger partial charge in [0.05, 0.1) is 5.56 Å². The van der Waals surface area contributed by atoms with Crippen LogP contribution in [-0.4, -0.2) is 9.97 Å². The molecular formula is C28H18F10N2O2. The highest BCUT2D eigenvalue weighted by atomic mass is 19.3. The Morgan fingerprint density at radius 2 is 1.19 bits per heavy atom. The molecule has 0 unspecified atom stereocenters. The van der Waals surface area contributed by atoms with Gasteiger partial charge in [-0.15, -0.1) is 0 Å². The molecule has 0 N–H and O–H groups in total. The second-order valence-corrected chi connectivity index (χ2v) is 8.91. The van der Waals surface area contributed by atoms with Crippen molar-refractivity contribution in [3.63, 3.8) is 0 Å². The minimum atomic E-state index is -4.95. The summed E-state index contributed by atoms with van der Waals surface area (Å²) in [5.74, 6) is -14.3. The number of unbranched alkanes of at least 4 members (excludes halogenated alkanes) is 1. The number of hydrogen-bond donors (Lipinski definition) is 0. The normalized spacial score (nSPS) is 12.0. The molecule has 0 saturated heterocycles. The van der Waals surface area contributed by atoms with Crippen molar-refractivity contribution in [1.82, 2.24) is 9.97 Å². The van der Waals surface area contributed by atoms with Crippen LogP contribution >= 0.6 is 0 Å². The number of aryl methyl sites for hydroxylation is 1. The van der Waals surface area contributed by atoms with Crippen LogP contribution in [0, 0.1) is 34.9 Å². The first-order valence-corrected chi connectivity index (χ1v) is 12.1. The van der Waals surface area contributed by atoms with E-state index < -0.39 is 69.7 Å². The molecule has 0 spiro atoms. The molecular weight excluding hydrogens is 586 g/mol. The van der Waals surface area contributed by atoms with Gasteiger partial charge in [-0.2, -0.15) is 17.6 Å². The van der Waals surface area contributed by atoms with Gasteiger partial charge in [0.2, 0.25) is 0 Å². The highest BCUT2D eigenvalue weighted by Crippen LogP contribution is 2.40. The highest BCUT2D eigenvalue weighted by molar-refractivity contribution is 5.55. The molecule has 4 rings (SSSR count). The molecule has 14 heteroatoms. The van der Waals surface area contributed by atoms with E-state index in [0.29, 0.717) is 18.6 Å². The lowest BCUT2D eigenvalue weighted by Crippen LogP contribution is -2.26. The van der Waals surface area contributed by atoms with Gasteiger partial charge in [-0.05, 0) is 30.5 Å². The predicted molar refractivity (Wildman–Crippen MR) is 128 cm³/mol. The predicted octanol–water partition coefficient (Wildman–Crippen LogP) is 8.58. The number of ether oxygens (including phenoxy) is 2. The van der Waals surface area contributed by atoms with Gasteiger partial charge < -0.3 is 9.47 Å². The van der Waals surface area contributed by atoms with Crippen molar-refractivity contribution in [2.45, 2.75) is 38.4 Å². The van der Waals surface area contributed by atoms with Crippen LogP contribution in [0.3, 0.4) is 0 Å². The maximum Gasteiger partial charge on any atom is 0.432 e. The zero-order valence-corrected chi connectivity index (χ0v) is 21.3. The first kappa shape index (κ1) is 30.6. The summed E-state index contributed by atoms with van der Waals surface area (Å²) in [6.07, 6.45) is -3.92. The van der Waals surface area contributed by atoms with Crippen LogP contribution in [0.2, 0.25) is 0 Å². The molecule has 0 aliphatic carbocycles. The van der Waals surface area contributed by atoms with E-state index in [1.807, 2.05) is 6.92 Å². The third-order valence-corrected chi connectivity index (χ3v) is 5.82. The van der Waals surface area contributed by atoms with Gasteiger partial charge in [-0.25, -0.2) is 36.3 Å². The Morgan fingerprint density at radius 1 is 0.667 bits per heavy atom. The van der Waals surface area contributed by atoms with E-state index in [1.165, 1.54) is 12.4 Å². The number of nitrogens with zero attached hydrogens (tertiary/aromatic N) is 2. The number of rotatable bonds is 10. The monoisotopic (exact) mass is 604 g/mol. The maximum atomic E-state index is 14.8. The van der Waals surface area contributed by atoms with Crippen LogP contribution in [-0.2, 0) is 18.6 Å². The Kier molecular flexibility index (Phi) is 8.64. The maximum absolute atomic E-state index is 14.8. The lowest BCUT2D eigenvalue weighted by atomic mass is 10.1. The number of aromatic nitrogens is 2. The van der Waals surface area contributed by atoms with Crippen molar-refractivity contribution in [3.8, 4) is 22.9 Å². The van der Waals surface area contributed by atoms with Gasteiger partial charge in [0.25, 0.3) is 0 Å². The third kappa shape index (κ3) is 6.58. The molecule has 0 saturated carbocycles. The van der Waals surface area contributed by atoms with E-state index >= 15 is 0 Å². The molecule has 0 radical (unpaired) electrons. The summed E-state index contributed by atoms with van der Waals surface area (Å²) < 4.78 is 150. The highest BCUT2D eigenvalue weighted by Gasteiger charge is 2.43. The fraction of sp³-hybridized carbons (Fsp3) is 0.214. The Balaban J connectivity index is 1.55. The minimum absolute atomic E-state index is 0.00522. The molecule has 4 nitrogen and oxygen atoms in total. The van der Waals surface area contributed by atoms with Crippen molar-refractivity contribution in [1.29, 1.82) is 0 Å². The van der Waals surface area contributed by atoms with E-state index in [1.54, 1.807) is 0 Å². The van der Waals surface area contributed by atoms with Crippen molar-refractivity contribution < 1.29 is 53.4 Å². The summed E-state index contributed by atoms with van der Waals surface area (Å²) >= 11 is 0. The smallest absolute Gasteiger partial charge is 0.429 e. The van der Waals surface area contributed by atoms with Crippen LogP contribution in [0.5, 0.6) is 11.5 Å². The van der Waals surface area contributed by atoms with Gasteiger partial charge in [-0.1, -0.05) is 19.4 Å². The lowest BCUT2D eigenvalue weighted by Gasteiger charge is -2.22. The number of halogens is 10. The zero-order valence-electron chi connectivity index (χ0n) is 21.3. The molecule has 4 aromatic rings. The Hall–Kier alpha value is -4.36. The molecule has 0 aliphatic rings. The quantitative estimate of drug-likeness (QED) is 0.134. The molecule has 3 aromatic carbocycles. The largest absolute Gasteiger partial charge is 0.432 e. The summed E-state index contributed by atoms with van der Waals surface area (Å²) in [5.41, 5.74) is -2.63. The lowest BCUT2D eigenvalue weighted by molar-refractivity contribution is -0.191. The van der Waals surface area contributed by atoms with Crippen LogP contribution in [0.15, 0.2) is 54.9 Å². The number of hydrogen-bond acceptors (Lipinski definition) is 4. The summed E-state index contributed by atoms with van der Waals surface area (Å²) in [6.45, 7) is 2.00. The third-order valence-electron chi connectivity index (χ3n) is 5.82. The SMILES string of the molecule is CCCCc1cnc(-c2ccc(C(F)(F)Oc3cc(F)c(C(F)(F)Oc4cc(F)c(F)c(F)c4)c(F)c3)c(F)c2)nc1.